The van der Waals surface area contributed by atoms with Crippen molar-refractivity contribution in [2.45, 2.75) is 71.3 Å². The molecular weight excluding hydrogens is 492 g/mol. The van der Waals surface area contributed by atoms with Gasteiger partial charge in [-0.2, -0.15) is 0 Å². The van der Waals surface area contributed by atoms with Gasteiger partial charge in [0, 0.05) is 52.4 Å². The minimum atomic E-state index is 0.381. The van der Waals surface area contributed by atoms with Crippen LogP contribution in [0.15, 0.2) is 18.2 Å². The fraction of sp³-hybridized carbons (Fsp3) is 0.781. The summed E-state index contributed by atoms with van der Waals surface area (Å²) in [5.41, 5.74) is 1.30. The van der Waals surface area contributed by atoms with Gasteiger partial charge in [0.05, 0.1) is 13.7 Å². The van der Waals surface area contributed by atoms with Gasteiger partial charge in [-0.3, -0.25) is 4.79 Å². The predicted octanol–water partition coefficient (Wildman–Crippen LogP) is 4.96. The van der Waals surface area contributed by atoms with E-state index in [9.17, 15) is 4.79 Å². The molecule has 1 aliphatic carbocycles. The predicted molar refractivity (Wildman–Crippen MR) is 154 cm³/mol. The van der Waals surface area contributed by atoms with Crippen molar-refractivity contribution in [3.05, 3.63) is 23.8 Å². The van der Waals surface area contributed by atoms with E-state index < -0.39 is 0 Å². The van der Waals surface area contributed by atoms with Gasteiger partial charge >= 0.3 is 0 Å². The zero-order valence-corrected chi connectivity index (χ0v) is 24.8. The molecule has 1 N–H and O–H groups in total. The van der Waals surface area contributed by atoms with Crippen LogP contribution in [0.3, 0.4) is 0 Å². The van der Waals surface area contributed by atoms with Gasteiger partial charge in [0.15, 0.2) is 11.5 Å². The molecule has 0 aromatic heterocycles. The third-order valence-corrected chi connectivity index (χ3v) is 9.05. The summed E-state index contributed by atoms with van der Waals surface area (Å²) in [6.45, 7) is 10.6. The second kappa shape index (κ2) is 15.2. The molecule has 7 nitrogen and oxygen atoms in total. The summed E-state index contributed by atoms with van der Waals surface area (Å²) in [6, 6.07) is 6.86. The van der Waals surface area contributed by atoms with Crippen molar-refractivity contribution < 1.29 is 23.7 Å². The molecule has 1 aromatic rings. The fourth-order valence-corrected chi connectivity index (χ4v) is 6.31. The maximum absolute atomic E-state index is 13.4. The van der Waals surface area contributed by atoms with Crippen LogP contribution in [0.5, 0.6) is 11.5 Å². The highest BCUT2D eigenvalue weighted by atomic mass is 16.5. The van der Waals surface area contributed by atoms with Gasteiger partial charge in [-0.05, 0) is 98.9 Å². The Labute approximate surface area is 236 Å². The zero-order valence-electron chi connectivity index (χ0n) is 24.8. The normalized spacial score (nSPS) is 22.7. The van der Waals surface area contributed by atoms with Gasteiger partial charge in [0.25, 0.3) is 0 Å². The van der Waals surface area contributed by atoms with E-state index in [0.717, 1.165) is 70.0 Å². The Hall–Kier alpha value is -1.83. The van der Waals surface area contributed by atoms with Crippen LogP contribution >= 0.6 is 0 Å². The summed E-state index contributed by atoms with van der Waals surface area (Å²) < 4.78 is 22.3. The molecule has 220 valence electrons. The van der Waals surface area contributed by atoms with Gasteiger partial charge < -0.3 is 29.2 Å². The Morgan fingerprint density at radius 2 is 1.82 bits per heavy atom. The summed E-state index contributed by atoms with van der Waals surface area (Å²) in [4.78, 5) is 15.7. The lowest BCUT2D eigenvalue weighted by atomic mass is 9.78. The minimum Gasteiger partial charge on any atom is -0.493 e. The third kappa shape index (κ3) is 9.09. The van der Waals surface area contributed by atoms with Crippen molar-refractivity contribution in [2.24, 2.45) is 29.6 Å². The molecule has 0 unspecified atom stereocenters. The molecule has 39 heavy (non-hydrogen) atoms. The summed E-state index contributed by atoms with van der Waals surface area (Å²) in [7, 11) is 3.41. The van der Waals surface area contributed by atoms with Crippen LogP contribution in [0.25, 0.3) is 0 Å². The number of carbonyl (C=O) groups is 1. The molecule has 4 rings (SSSR count). The van der Waals surface area contributed by atoms with Crippen molar-refractivity contribution in [3.63, 3.8) is 0 Å². The van der Waals surface area contributed by atoms with Gasteiger partial charge in [-0.15, -0.1) is 0 Å². The van der Waals surface area contributed by atoms with E-state index in [1.807, 2.05) is 6.07 Å². The smallest absolute Gasteiger partial charge is 0.223 e. The molecule has 7 heteroatoms. The quantitative estimate of drug-likeness (QED) is 0.297. The zero-order chi connectivity index (χ0) is 27.6. The SMILES string of the molecule is COCCCOc1cc(C[C@@H](C[C@@H]2CNC[C@H]2CN(C(=O)CC2CCOCC2)C2CC2)C(C)C)ccc1OC. The molecule has 3 atom stereocenters. The molecular formula is C32H52N2O5. The highest BCUT2D eigenvalue weighted by Crippen LogP contribution is 2.36. The highest BCUT2D eigenvalue weighted by molar-refractivity contribution is 5.77. The lowest BCUT2D eigenvalue weighted by Crippen LogP contribution is -2.40. The molecule has 0 spiro atoms. The van der Waals surface area contributed by atoms with E-state index in [4.69, 9.17) is 18.9 Å². The lowest BCUT2D eigenvalue weighted by Gasteiger charge is -2.32. The maximum Gasteiger partial charge on any atom is 0.223 e. The molecule has 2 saturated heterocycles. The Morgan fingerprint density at radius 3 is 2.51 bits per heavy atom. The molecule has 1 aromatic carbocycles. The Kier molecular flexibility index (Phi) is 11.8. The number of methoxy groups -OCH3 is 2. The van der Waals surface area contributed by atoms with Gasteiger partial charge in [0.1, 0.15) is 0 Å². The second-order valence-electron chi connectivity index (χ2n) is 12.3. The molecule has 3 fully saturated rings. The first-order valence-electron chi connectivity index (χ1n) is 15.3. The fourth-order valence-electron chi connectivity index (χ4n) is 6.31. The van der Waals surface area contributed by atoms with E-state index in [0.29, 0.717) is 61.2 Å². The van der Waals surface area contributed by atoms with Crippen LogP contribution in [0.1, 0.15) is 64.4 Å². The molecule has 0 radical (unpaired) electrons. The number of nitrogens with one attached hydrogen (secondary N) is 1. The summed E-state index contributed by atoms with van der Waals surface area (Å²) in [6.07, 6.45) is 8.15. The first-order valence-corrected chi connectivity index (χ1v) is 15.3. The molecule has 1 saturated carbocycles. The van der Waals surface area contributed by atoms with Crippen molar-refractivity contribution >= 4 is 5.91 Å². The first kappa shape index (κ1) is 30.1. The maximum atomic E-state index is 13.4. The van der Waals surface area contributed by atoms with E-state index in [1.165, 1.54) is 24.8 Å². The lowest BCUT2D eigenvalue weighted by molar-refractivity contribution is -0.134. The third-order valence-electron chi connectivity index (χ3n) is 9.05. The van der Waals surface area contributed by atoms with Gasteiger partial charge in [-0.25, -0.2) is 0 Å². The van der Waals surface area contributed by atoms with E-state index in [2.05, 4.69) is 36.2 Å². The first-order chi connectivity index (χ1) is 19.0. The topological polar surface area (TPSA) is 69.3 Å². The average molecular weight is 545 g/mol. The van der Waals surface area contributed by atoms with Crippen molar-refractivity contribution in [2.75, 3.05) is 60.3 Å². The van der Waals surface area contributed by atoms with Crippen LogP contribution in [-0.4, -0.2) is 77.1 Å². The number of hydrogen-bond donors (Lipinski definition) is 1. The van der Waals surface area contributed by atoms with Gasteiger partial charge in [-0.1, -0.05) is 19.9 Å². The summed E-state index contributed by atoms with van der Waals surface area (Å²) in [5.74, 6) is 4.74. The average Bonchev–Trinajstić information content (AvgIpc) is 3.69. The number of carbonyl (C=O) groups excluding carboxylic acids is 1. The number of rotatable bonds is 16. The number of hydrogen-bond acceptors (Lipinski definition) is 6. The van der Waals surface area contributed by atoms with Crippen LogP contribution in [0.2, 0.25) is 0 Å². The highest BCUT2D eigenvalue weighted by Gasteiger charge is 2.38. The van der Waals surface area contributed by atoms with Crippen molar-refractivity contribution in [1.29, 1.82) is 0 Å². The molecule has 0 bridgehead atoms. The van der Waals surface area contributed by atoms with Crippen molar-refractivity contribution in [1.82, 2.24) is 10.2 Å². The van der Waals surface area contributed by atoms with Crippen LogP contribution in [0, 0.1) is 29.6 Å². The standard InChI is InChI=1S/C32H52N2O5/c1-23(2)26(16-25-6-9-30(37-4)31(17-25)39-13-5-12-36-3)19-27-20-33-21-28(27)22-34(29-7-8-29)32(35)18-24-10-14-38-15-11-24/h6,9,17,23-24,26-29,33H,5,7-8,10-16,18-22H2,1-4H3/t26-,27+,28-/m0/s1. The van der Waals surface area contributed by atoms with Crippen LogP contribution < -0.4 is 14.8 Å². The Bertz CT molecular complexity index is 883. The Balaban J connectivity index is 1.36. The number of amides is 1. The van der Waals surface area contributed by atoms with Crippen LogP contribution in [0.4, 0.5) is 0 Å². The number of ether oxygens (including phenoxy) is 4. The van der Waals surface area contributed by atoms with Crippen LogP contribution in [-0.2, 0) is 20.7 Å². The van der Waals surface area contributed by atoms with E-state index in [-0.39, 0.29) is 0 Å². The summed E-state index contributed by atoms with van der Waals surface area (Å²) in [5, 5.41) is 3.67. The molecule has 3 aliphatic rings. The largest absolute Gasteiger partial charge is 0.493 e. The van der Waals surface area contributed by atoms with E-state index in [1.54, 1.807) is 14.2 Å². The van der Waals surface area contributed by atoms with Crippen molar-refractivity contribution in [3.8, 4) is 11.5 Å². The number of benzene rings is 1. The molecule has 2 heterocycles. The summed E-state index contributed by atoms with van der Waals surface area (Å²) >= 11 is 0. The molecule has 1 amide bonds. The van der Waals surface area contributed by atoms with Gasteiger partial charge in [0.2, 0.25) is 5.91 Å². The minimum absolute atomic E-state index is 0.381. The Morgan fingerprint density at radius 1 is 1.05 bits per heavy atom. The number of nitrogens with zero attached hydrogens (tertiary/aromatic N) is 1. The molecule has 2 aliphatic heterocycles. The van der Waals surface area contributed by atoms with E-state index >= 15 is 0 Å². The monoisotopic (exact) mass is 544 g/mol. The second-order valence-corrected chi connectivity index (χ2v) is 12.3.